The molecule has 110 valence electrons. The summed E-state index contributed by atoms with van der Waals surface area (Å²) in [6.07, 6.45) is 5.67. The number of aliphatic carboxylic acids is 1. The van der Waals surface area contributed by atoms with E-state index in [1.54, 1.807) is 10.9 Å². The van der Waals surface area contributed by atoms with Gasteiger partial charge in [-0.2, -0.15) is 5.10 Å². The maximum atomic E-state index is 11.7. The van der Waals surface area contributed by atoms with Gasteiger partial charge in [0, 0.05) is 25.0 Å². The standard InChI is InChI=1S/C13H20N4O3/c1-10(8-17-7-3-6-15-17)16-12(20)14-9-13(11(18)19)4-2-5-13/h3,6-7,10H,2,4-5,8-9H2,1H3,(H,18,19)(H2,14,16,20). The van der Waals surface area contributed by atoms with Crippen molar-refractivity contribution in [1.82, 2.24) is 20.4 Å². The smallest absolute Gasteiger partial charge is 0.315 e. The van der Waals surface area contributed by atoms with Crippen LogP contribution in [0.1, 0.15) is 26.2 Å². The summed E-state index contributed by atoms with van der Waals surface area (Å²) in [5, 5.41) is 18.7. The lowest BCUT2D eigenvalue weighted by atomic mass is 9.69. The van der Waals surface area contributed by atoms with Crippen LogP contribution in [0.25, 0.3) is 0 Å². The van der Waals surface area contributed by atoms with Crippen molar-refractivity contribution in [3.05, 3.63) is 18.5 Å². The molecule has 1 aromatic heterocycles. The van der Waals surface area contributed by atoms with Gasteiger partial charge in [0.2, 0.25) is 0 Å². The van der Waals surface area contributed by atoms with E-state index >= 15 is 0 Å². The second-order valence-electron chi connectivity index (χ2n) is 5.40. The van der Waals surface area contributed by atoms with E-state index in [1.165, 1.54) is 0 Å². The lowest BCUT2D eigenvalue weighted by Gasteiger charge is -2.37. The number of nitrogens with zero attached hydrogens (tertiary/aromatic N) is 2. The Morgan fingerprint density at radius 1 is 1.50 bits per heavy atom. The highest BCUT2D eigenvalue weighted by Crippen LogP contribution is 2.40. The van der Waals surface area contributed by atoms with E-state index < -0.39 is 11.4 Å². The molecule has 1 aliphatic rings. The topological polar surface area (TPSA) is 96.3 Å². The average molecular weight is 280 g/mol. The molecule has 2 amide bonds. The summed E-state index contributed by atoms with van der Waals surface area (Å²) in [5.74, 6) is -0.825. The van der Waals surface area contributed by atoms with Crippen molar-refractivity contribution in [3.8, 4) is 0 Å². The molecule has 0 bridgehead atoms. The Kier molecular flexibility index (Phi) is 4.26. The molecule has 3 N–H and O–H groups in total. The van der Waals surface area contributed by atoms with Gasteiger partial charge in [-0.1, -0.05) is 6.42 Å². The Labute approximate surface area is 117 Å². The Morgan fingerprint density at radius 2 is 2.25 bits per heavy atom. The predicted molar refractivity (Wildman–Crippen MR) is 72.1 cm³/mol. The minimum absolute atomic E-state index is 0.0860. The summed E-state index contributed by atoms with van der Waals surface area (Å²) < 4.78 is 1.73. The zero-order chi connectivity index (χ0) is 14.6. The van der Waals surface area contributed by atoms with Crippen LogP contribution in [0.3, 0.4) is 0 Å². The number of aromatic nitrogens is 2. The highest BCUT2D eigenvalue weighted by atomic mass is 16.4. The van der Waals surface area contributed by atoms with Crippen molar-refractivity contribution < 1.29 is 14.7 Å². The van der Waals surface area contributed by atoms with Gasteiger partial charge in [0.05, 0.1) is 12.0 Å². The molecule has 0 aromatic carbocycles. The Balaban J connectivity index is 1.73. The first-order valence-corrected chi connectivity index (χ1v) is 6.77. The number of urea groups is 1. The van der Waals surface area contributed by atoms with Gasteiger partial charge in [-0.3, -0.25) is 9.48 Å². The molecule has 1 aliphatic carbocycles. The molecule has 0 radical (unpaired) electrons. The number of carboxylic acids is 1. The summed E-state index contributed by atoms with van der Waals surface area (Å²) >= 11 is 0. The third-order valence-electron chi connectivity index (χ3n) is 3.75. The lowest BCUT2D eigenvalue weighted by Crippen LogP contribution is -2.51. The van der Waals surface area contributed by atoms with Gasteiger partial charge >= 0.3 is 12.0 Å². The van der Waals surface area contributed by atoms with Gasteiger partial charge in [0.15, 0.2) is 0 Å². The van der Waals surface area contributed by atoms with Crippen LogP contribution in [-0.2, 0) is 11.3 Å². The van der Waals surface area contributed by atoms with Gasteiger partial charge < -0.3 is 15.7 Å². The molecule has 0 aliphatic heterocycles. The minimum Gasteiger partial charge on any atom is -0.481 e. The van der Waals surface area contributed by atoms with Gasteiger partial charge in [-0.25, -0.2) is 4.79 Å². The molecular weight excluding hydrogens is 260 g/mol. The number of carbonyl (C=O) groups is 2. The molecule has 20 heavy (non-hydrogen) atoms. The Bertz CT molecular complexity index is 468. The molecule has 7 heteroatoms. The van der Waals surface area contributed by atoms with E-state index in [1.807, 2.05) is 19.2 Å². The molecule has 1 heterocycles. The van der Waals surface area contributed by atoms with Gasteiger partial charge in [-0.05, 0) is 25.8 Å². The van der Waals surface area contributed by atoms with E-state index in [9.17, 15) is 9.59 Å². The fraction of sp³-hybridized carbons (Fsp3) is 0.615. The summed E-state index contributed by atoms with van der Waals surface area (Å²) in [7, 11) is 0. The van der Waals surface area contributed by atoms with Gasteiger partial charge in [0.1, 0.15) is 0 Å². The van der Waals surface area contributed by atoms with Crippen LogP contribution in [0, 0.1) is 5.41 Å². The normalized spacial score (nSPS) is 17.9. The van der Waals surface area contributed by atoms with E-state index in [4.69, 9.17) is 5.11 Å². The van der Waals surface area contributed by atoms with Crippen LogP contribution in [0.4, 0.5) is 4.79 Å². The number of hydrogen-bond donors (Lipinski definition) is 3. The highest BCUT2D eigenvalue weighted by molar-refractivity contribution is 5.78. The summed E-state index contributed by atoms with van der Waals surface area (Å²) in [4.78, 5) is 22.9. The van der Waals surface area contributed by atoms with Crippen LogP contribution in [0.15, 0.2) is 18.5 Å². The molecule has 1 fully saturated rings. The fourth-order valence-electron chi connectivity index (χ4n) is 2.33. The summed E-state index contributed by atoms with van der Waals surface area (Å²) in [6.45, 7) is 2.63. The number of amides is 2. The number of carboxylic acid groups (broad SMARTS) is 1. The van der Waals surface area contributed by atoms with Crippen molar-refractivity contribution in [2.24, 2.45) is 5.41 Å². The maximum absolute atomic E-state index is 11.7. The largest absolute Gasteiger partial charge is 0.481 e. The van der Waals surface area contributed by atoms with E-state index in [-0.39, 0.29) is 18.6 Å². The zero-order valence-corrected chi connectivity index (χ0v) is 11.5. The monoisotopic (exact) mass is 280 g/mol. The number of hydrogen-bond acceptors (Lipinski definition) is 3. The second kappa shape index (κ2) is 5.94. The molecule has 1 aromatic rings. The van der Waals surface area contributed by atoms with Crippen molar-refractivity contribution in [2.45, 2.75) is 38.8 Å². The van der Waals surface area contributed by atoms with Crippen LogP contribution in [0.5, 0.6) is 0 Å². The third kappa shape index (κ3) is 3.28. The second-order valence-corrected chi connectivity index (χ2v) is 5.40. The van der Waals surface area contributed by atoms with Crippen LogP contribution >= 0.6 is 0 Å². The fourth-order valence-corrected chi connectivity index (χ4v) is 2.33. The molecule has 0 saturated heterocycles. The quantitative estimate of drug-likeness (QED) is 0.719. The predicted octanol–water partition coefficient (Wildman–Crippen LogP) is 0.826. The van der Waals surface area contributed by atoms with Crippen molar-refractivity contribution in [3.63, 3.8) is 0 Å². The van der Waals surface area contributed by atoms with Crippen molar-refractivity contribution >= 4 is 12.0 Å². The van der Waals surface area contributed by atoms with E-state index in [0.29, 0.717) is 19.4 Å². The Morgan fingerprint density at radius 3 is 2.75 bits per heavy atom. The first-order valence-electron chi connectivity index (χ1n) is 6.77. The van der Waals surface area contributed by atoms with Gasteiger partial charge in [0.25, 0.3) is 0 Å². The minimum atomic E-state index is -0.825. The summed E-state index contributed by atoms with van der Waals surface area (Å²) in [6, 6.07) is 1.40. The summed E-state index contributed by atoms with van der Waals surface area (Å²) in [5.41, 5.74) is -0.761. The molecule has 1 atom stereocenters. The molecule has 2 rings (SSSR count). The van der Waals surface area contributed by atoms with Crippen LogP contribution < -0.4 is 10.6 Å². The van der Waals surface area contributed by atoms with Crippen molar-refractivity contribution in [2.75, 3.05) is 6.54 Å². The molecule has 7 nitrogen and oxygen atoms in total. The lowest BCUT2D eigenvalue weighted by molar-refractivity contribution is -0.153. The number of nitrogens with one attached hydrogen (secondary N) is 2. The first kappa shape index (κ1) is 14.4. The van der Waals surface area contributed by atoms with E-state index in [2.05, 4.69) is 15.7 Å². The SMILES string of the molecule is CC(Cn1cccn1)NC(=O)NCC1(C(=O)O)CCC1. The van der Waals surface area contributed by atoms with Crippen LogP contribution in [0.2, 0.25) is 0 Å². The van der Waals surface area contributed by atoms with E-state index in [0.717, 1.165) is 6.42 Å². The molecule has 1 saturated carbocycles. The number of rotatable bonds is 6. The number of carbonyl (C=O) groups excluding carboxylic acids is 1. The third-order valence-corrected chi connectivity index (χ3v) is 3.75. The maximum Gasteiger partial charge on any atom is 0.315 e. The molecule has 1 unspecified atom stereocenters. The zero-order valence-electron chi connectivity index (χ0n) is 11.5. The highest BCUT2D eigenvalue weighted by Gasteiger charge is 2.44. The molecular formula is C13H20N4O3. The molecule has 0 spiro atoms. The average Bonchev–Trinajstić information content (AvgIpc) is 2.79. The Hall–Kier alpha value is -2.05. The van der Waals surface area contributed by atoms with Crippen molar-refractivity contribution in [1.29, 1.82) is 0 Å². The van der Waals surface area contributed by atoms with Gasteiger partial charge in [-0.15, -0.1) is 0 Å². The first-order chi connectivity index (χ1) is 9.52. The van der Waals surface area contributed by atoms with Crippen LogP contribution in [-0.4, -0.2) is 39.5 Å².